The van der Waals surface area contributed by atoms with E-state index in [2.05, 4.69) is 10.6 Å². The molecule has 0 aliphatic carbocycles. The van der Waals surface area contributed by atoms with Crippen LogP contribution in [-0.2, 0) is 4.79 Å². The zero-order valence-electron chi connectivity index (χ0n) is 13.9. The van der Waals surface area contributed by atoms with Crippen molar-refractivity contribution in [3.05, 3.63) is 60.2 Å². The molecule has 0 heterocycles. The summed E-state index contributed by atoms with van der Waals surface area (Å²) in [5.74, 6) is 0.603. The van der Waals surface area contributed by atoms with Crippen LogP contribution in [0.4, 0.5) is 5.69 Å². The van der Waals surface area contributed by atoms with Gasteiger partial charge in [-0.3, -0.25) is 10.1 Å². The van der Waals surface area contributed by atoms with Crippen LogP contribution in [0.2, 0.25) is 0 Å². The largest absolute Gasteiger partial charge is 0.492 e. The van der Waals surface area contributed by atoms with Crippen LogP contribution in [0.15, 0.2) is 54.6 Å². The molecule has 0 radical (unpaired) electrons. The van der Waals surface area contributed by atoms with Gasteiger partial charge in [-0.05, 0) is 38.5 Å². The number of carbonyl (C=O) groups excluding carboxylic acids is 1. The lowest BCUT2D eigenvalue weighted by Gasteiger charge is -2.20. The molecule has 4 nitrogen and oxygen atoms in total. The van der Waals surface area contributed by atoms with Crippen LogP contribution in [0, 0.1) is 0 Å². The van der Waals surface area contributed by atoms with E-state index in [0.29, 0.717) is 18.0 Å². The Balaban J connectivity index is 1.98. The van der Waals surface area contributed by atoms with Crippen LogP contribution in [0.25, 0.3) is 0 Å². The average Bonchev–Trinajstić information content (AvgIpc) is 2.57. The Morgan fingerprint density at radius 3 is 2.39 bits per heavy atom. The van der Waals surface area contributed by atoms with Gasteiger partial charge in [0.15, 0.2) is 0 Å². The quantitative estimate of drug-likeness (QED) is 0.818. The number of hydrogen-bond acceptors (Lipinski definition) is 3. The standard InChI is InChI=1S/C19H24N2O2/c1-4-23-18-13-9-8-12-17(18)21-19(22)15(3)20-14(2)16-10-6-5-7-11-16/h5-15,20H,4H2,1-3H3,(H,21,22)/t14-,15-/m1/s1. The lowest BCUT2D eigenvalue weighted by Crippen LogP contribution is -2.39. The molecule has 23 heavy (non-hydrogen) atoms. The topological polar surface area (TPSA) is 50.4 Å². The molecule has 0 saturated heterocycles. The Morgan fingerprint density at radius 2 is 1.70 bits per heavy atom. The summed E-state index contributed by atoms with van der Waals surface area (Å²) < 4.78 is 5.53. The molecule has 0 unspecified atom stereocenters. The van der Waals surface area contributed by atoms with Crippen molar-refractivity contribution in [2.45, 2.75) is 32.9 Å². The fourth-order valence-electron chi connectivity index (χ4n) is 2.38. The SMILES string of the molecule is CCOc1ccccc1NC(=O)[C@@H](C)N[C@H](C)c1ccccc1. The third-order valence-corrected chi connectivity index (χ3v) is 3.64. The van der Waals surface area contributed by atoms with Gasteiger partial charge >= 0.3 is 0 Å². The zero-order valence-corrected chi connectivity index (χ0v) is 13.9. The molecular weight excluding hydrogens is 288 g/mol. The second-order valence-electron chi connectivity index (χ2n) is 5.44. The van der Waals surface area contributed by atoms with E-state index in [4.69, 9.17) is 4.74 Å². The van der Waals surface area contributed by atoms with E-state index in [9.17, 15) is 4.79 Å². The number of amides is 1. The van der Waals surface area contributed by atoms with Gasteiger partial charge in [0.05, 0.1) is 18.3 Å². The van der Waals surface area contributed by atoms with Crippen molar-refractivity contribution in [1.29, 1.82) is 0 Å². The lowest BCUT2D eigenvalue weighted by molar-refractivity contribution is -0.118. The van der Waals surface area contributed by atoms with E-state index < -0.39 is 0 Å². The van der Waals surface area contributed by atoms with Gasteiger partial charge in [0, 0.05) is 6.04 Å². The van der Waals surface area contributed by atoms with Gasteiger partial charge in [-0.2, -0.15) is 0 Å². The second-order valence-corrected chi connectivity index (χ2v) is 5.44. The van der Waals surface area contributed by atoms with E-state index in [1.807, 2.05) is 75.4 Å². The van der Waals surface area contributed by atoms with Gasteiger partial charge < -0.3 is 10.1 Å². The predicted molar refractivity (Wildman–Crippen MR) is 93.7 cm³/mol. The smallest absolute Gasteiger partial charge is 0.241 e. The molecule has 1 amide bonds. The maximum atomic E-state index is 12.4. The van der Waals surface area contributed by atoms with Gasteiger partial charge in [-0.25, -0.2) is 0 Å². The molecule has 2 aromatic carbocycles. The molecule has 0 aromatic heterocycles. The highest BCUT2D eigenvalue weighted by Gasteiger charge is 2.17. The summed E-state index contributed by atoms with van der Waals surface area (Å²) in [5, 5.41) is 6.24. The number of ether oxygens (including phenoxy) is 1. The minimum atomic E-state index is -0.320. The average molecular weight is 312 g/mol. The molecule has 0 saturated carbocycles. The molecule has 2 rings (SSSR count). The van der Waals surface area contributed by atoms with Gasteiger partial charge in [0.2, 0.25) is 5.91 Å². The fraction of sp³-hybridized carbons (Fsp3) is 0.316. The van der Waals surface area contributed by atoms with Gasteiger partial charge in [-0.15, -0.1) is 0 Å². The number of para-hydroxylation sites is 2. The van der Waals surface area contributed by atoms with E-state index in [1.54, 1.807) is 0 Å². The third kappa shape index (κ3) is 4.83. The normalized spacial score (nSPS) is 13.2. The summed E-state index contributed by atoms with van der Waals surface area (Å²) in [5.41, 5.74) is 1.85. The van der Waals surface area contributed by atoms with Crippen molar-refractivity contribution < 1.29 is 9.53 Å². The second kappa shape index (κ2) is 8.34. The Bertz CT molecular complexity index is 628. The highest BCUT2D eigenvalue weighted by atomic mass is 16.5. The summed E-state index contributed by atoms with van der Waals surface area (Å²) in [4.78, 5) is 12.4. The highest BCUT2D eigenvalue weighted by molar-refractivity contribution is 5.95. The number of benzene rings is 2. The van der Waals surface area contributed by atoms with Crippen molar-refractivity contribution in [2.24, 2.45) is 0 Å². The Morgan fingerprint density at radius 1 is 1.04 bits per heavy atom. The van der Waals surface area contributed by atoms with E-state index >= 15 is 0 Å². The summed E-state index contributed by atoms with van der Waals surface area (Å²) in [6.07, 6.45) is 0. The summed E-state index contributed by atoms with van der Waals surface area (Å²) >= 11 is 0. The fourth-order valence-corrected chi connectivity index (χ4v) is 2.38. The van der Waals surface area contributed by atoms with Gasteiger partial charge in [0.25, 0.3) is 0 Å². The van der Waals surface area contributed by atoms with Crippen LogP contribution < -0.4 is 15.4 Å². The van der Waals surface area contributed by atoms with E-state index in [0.717, 1.165) is 5.56 Å². The Hall–Kier alpha value is -2.33. The number of anilines is 1. The van der Waals surface area contributed by atoms with Crippen LogP contribution >= 0.6 is 0 Å². The summed E-state index contributed by atoms with van der Waals surface area (Å²) in [7, 11) is 0. The van der Waals surface area contributed by atoms with Crippen molar-refractivity contribution in [3.63, 3.8) is 0 Å². The molecule has 122 valence electrons. The first kappa shape index (κ1) is 17.0. The Labute approximate surface area is 137 Å². The number of rotatable bonds is 7. The first-order chi connectivity index (χ1) is 11.1. The predicted octanol–water partition coefficient (Wildman–Crippen LogP) is 3.76. The molecule has 0 fully saturated rings. The molecule has 2 aromatic rings. The molecule has 2 N–H and O–H groups in total. The van der Waals surface area contributed by atoms with E-state index in [-0.39, 0.29) is 18.0 Å². The van der Waals surface area contributed by atoms with Crippen LogP contribution in [0.1, 0.15) is 32.4 Å². The molecule has 4 heteroatoms. The molecule has 2 atom stereocenters. The lowest BCUT2D eigenvalue weighted by atomic mass is 10.1. The number of carbonyl (C=O) groups is 1. The molecule has 0 aliphatic rings. The monoisotopic (exact) mass is 312 g/mol. The van der Waals surface area contributed by atoms with Crippen molar-refractivity contribution in [1.82, 2.24) is 5.32 Å². The van der Waals surface area contributed by atoms with Crippen LogP contribution in [-0.4, -0.2) is 18.6 Å². The minimum Gasteiger partial charge on any atom is -0.492 e. The van der Waals surface area contributed by atoms with Crippen molar-refractivity contribution in [2.75, 3.05) is 11.9 Å². The highest BCUT2D eigenvalue weighted by Crippen LogP contribution is 2.24. The maximum Gasteiger partial charge on any atom is 0.241 e. The van der Waals surface area contributed by atoms with E-state index in [1.165, 1.54) is 0 Å². The van der Waals surface area contributed by atoms with Crippen molar-refractivity contribution in [3.8, 4) is 5.75 Å². The Kier molecular flexibility index (Phi) is 6.18. The van der Waals surface area contributed by atoms with Gasteiger partial charge in [0.1, 0.15) is 5.75 Å². The first-order valence-electron chi connectivity index (χ1n) is 7.95. The number of nitrogens with one attached hydrogen (secondary N) is 2. The van der Waals surface area contributed by atoms with Crippen LogP contribution in [0.5, 0.6) is 5.75 Å². The molecular formula is C19H24N2O2. The zero-order chi connectivity index (χ0) is 16.7. The summed E-state index contributed by atoms with van der Waals surface area (Å²) in [6, 6.07) is 17.3. The minimum absolute atomic E-state index is 0.0834. The maximum absolute atomic E-state index is 12.4. The summed E-state index contributed by atoms with van der Waals surface area (Å²) in [6.45, 7) is 6.39. The third-order valence-electron chi connectivity index (χ3n) is 3.64. The van der Waals surface area contributed by atoms with Crippen LogP contribution in [0.3, 0.4) is 0 Å². The molecule has 0 aliphatic heterocycles. The molecule has 0 bridgehead atoms. The first-order valence-corrected chi connectivity index (χ1v) is 7.95. The van der Waals surface area contributed by atoms with Gasteiger partial charge in [-0.1, -0.05) is 42.5 Å². The molecule has 0 spiro atoms. The number of hydrogen-bond donors (Lipinski definition) is 2. The van der Waals surface area contributed by atoms with Crippen molar-refractivity contribution >= 4 is 11.6 Å².